The highest BCUT2D eigenvalue weighted by Gasteiger charge is 2.34. The predicted molar refractivity (Wildman–Crippen MR) is 61.0 cm³/mol. The van der Waals surface area contributed by atoms with Crippen LogP contribution < -0.4 is 0 Å². The van der Waals surface area contributed by atoms with Gasteiger partial charge in [0.15, 0.2) is 0 Å². The monoisotopic (exact) mass is 220 g/mol. The standard InChI is InChI=1S/C13H16O3/c1-3-16-12(15)13(2,10-14)9-11-7-5-4-6-8-11/h4-8,10H,3,9H2,1-2H3/t13-/m0/s1. The number of esters is 1. The van der Waals surface area contributed by atoms with Gasteiger partial charge in [-0.15, -0.1) is 0 Å². The van der Waals surface area contributed by atoms with Crippen LogP contribution in [0.5, 0.6) is 0 Å². The third-order valence-electron chi connectivity index (χ3n) is 2.42. The molecule has 0 aliphatic heterocycles. The number of carbonyl (C=O) groups excluding carboxylic acids is 2. The lowest BCUT2D eigenvalue weighted by molar-refractivity contribution is -0.155. The van der Waals surface area contributed by atoms with Crippen molar-refractivity contribution in [3.63, 3.8) is 0 Å². The molecule has 0 aliphatic carbocycles. The lowest BCUT2D eigenvalue weighted by Gasteiger charge is -2.20. The van der Waals surface area contributed by atoms with E-state index in [-0.39, 0.29) is 6.61 Å². The summed E-state index contributed by atoms with van der Waals surface area (Å²) in [6.07, 6.45) is 1.04. The van der Waals surface area contributed by atoms with E-state index >= 15 is 0 Å². The molecule has 1 atom stereocenters. The Balaban J connectivity index is 2.82. The molecule has 1 aromatic rings. The molecule has 16 heavy (non-hydrogen) atoms. The Bertz CT molecular complexity index is 359. The van der Waals surface area contributed by atoms with Crippen LogP contribution in [-0.2, 0) is 20.7 Å². The van der Waals surface area contributed by atoms with Gasteiger partial charge in [-0.2, -0.15) is 0 Å². The van der Waals surface area contributed by atoms with Gasteiger partial charge in [0.25, 0.3) is 0 Å². The summed E-state index contributed by atoms with van der Waals surface area (Å²) in [7, 11) is 0. The van der Waals surface area contributed by atoms with Crippen LogP contribution >= 0.6 is 0 Å². The molecule has 0 saturated heterocycles. The second-order valence-corrected chi connectivity index (χ2v) is 3.92. The maximum atomic E-state index is 11.6. The van der Waals surface area contributed by atoms with Gasteiger partial charge >= 0.3 is 5.97 Å². The fourth-order valence-electron chi connectivity index (χ4n) is 1.48. The molecule has 0 spiro atoms. The molecule has 86 valence electrons. The Morgan fingerprint density at radius 3 is 2.50 bits per heavy atom. The molecular formula is C13H16O3. The fraction of sp³-hybridized carbons (Fsp3) is 0.385. The molecule has 0 aliphatic rings. The van der Waals surface area contributed by atoms with Crippen molar-refractivity contribution < 1.29 is 14.3 Å². The van der Waals surface area contributed by atoms with Gasteiger partial charge in [0, 0.05) is 0 Å². The molecule has 0 radical (unpaired) electrons. The van der Waals surface area contributed by atoms with Crippen LogP contribution in [0.1, 0.15) is 19.4 Å². The normalized spacial score (nSPS) is 13.9. The van der Waals surface area contributed by atoms with Gasteiger partial charge in [0.1, 0.15) is 11.7 Å². The number of hydrogen-bond donors (Lipinski definition) is 0. The predicted octanol–water partition coefficient (Wildman–Crippen LogP) is 2.00. The van der Waals surface area contributed by atoms with Crippen LogP contribution in [0.3, 0.4) is 0 Å². The SMILES string of the molecule is CCOC(=O)[C@](C)(C=O)Cc1ccccc1. The Morgan fingerprint density at radius 2 is 2.00 bits per heavy atom. The van der Waals surface area contributed by atoms with E-state index in [1.165, 1.54) is 0 Å². The topological polar surface area (TPSA) is 43.4 Å². The summed E-state index contributed by atoms with van der Waals surface area (Å²) in [5.74, 6) is -0.464. The molecule has 0 fully saturated rings. The van der Waals surface area contributed by atoms with Gasteiger partial charge < -0.3 is 9.53 Å². The lowest BCUT2D eigenvalue weighted by Crippen LogP contribution is -2.33. The smallest absolute Gasteiger partial charge is 0.319 e. The summed E-state index contributed by atoms with van der Waals surface area (Å²) in [4.78, 5) is 22.7. The second-order valence-electron chi connectivity index (χ2n) is 3.92. The quantitative estimate of drug-likeness (QED) is 0.433. The number of aldehydes is 1. The van der Waals surface area contributed by atoms with Gasteiger partial charge in [0.2, 0.25) is 0 Å². The van der Waals surface area contributed by atoms with Crippen LogP contribution in [-0.4, -0.2) is 18.9 Å². The summed E-state index contributed by atoms with van der Waals surface area (Å²) < 4.78 is 4.90. The average Bonchev–Trinajstić information content (AvgIpc) is 2.30. The van der Waals surface area contributed by atoms with Crippen molar-refractivity contribution in [2.24, 2.45) is 5.41 Å². The largest absolute Gasteiger partial charge is 0.465 e. The molecule has 0 saturated carbocycles. The minimum Gasteiger partial charge on any atom is -0.465 e. The molecule has 1 aromatic carbocycles. The van der Waals surface area contributed by atoms with Gasteiger partial charge in [-0.25, -0.2) is 0 Å². The van der Waals surface area contributed by atoms with Crippen molar-refractivity contribution in [1.29, 1.82) is 0 Å². The lowest BCUT2D eigenvalue weighted by atomic mass is 9.85. The van der Waals surface area contributed by atoms with Crippen molar-refractivity contribution in [1.82, 2.24) is 0 Å². The van der Waals surface area contributed by atoms with Gasteiger partial charge in [-0.1, -0.05) is 30.3 Å². The minimum absolute atomic E-state index is 0.289. The third-order valence-corrected chi connectivity index (χ3v) is 2.42. The zero-order valence-corrected chi connectivity index (χ0v) is 9.60. The van der Waals surface area contributed by atoms with Crippen molar-refractivity contribution in [2.45, 2.75) is 20.3 Å². The van der Waals surface area contributed by atoms with Crippen molar-refractivity contribution in [2.75, 3.05) is 6.61 Å². The van der Waals surface area contributed by atoms with Crippen molar-refractivity contribution in [3.8, 4) is 0 Å². The summed E-state index contributed by atoms with van der Waals surface area (Å²) in [6.45, 7) is 3.62. The Morgan fingerprint density at radius 1 is 1.38 bits per heavy atom. The zero-order valence-electron chi connectivity index (χ0n) is 9.60. The molecule has 0 N–H and O–H groups in total. The van der Waals surface area contributed by atoms with E-state index in [1.54, 1.807) is 13.8 Å². The Kier molecular flexibility index (Phi) is 4.23. The Labute approximate surface area is 95.4 Å². The maximum Gasteiger partial charge on any atom is 0.319 e. The highest BCUT2D eigenvalue weighted by molar-refractivity contribution is 5.93. The van der Waals surface area contributed by atoms with E-state index in [4.69, 9.17) is 4.74 Å². The van der Waals surface area contributed by atoms with Crippen LogP contribution in [0.15, 0.2) is 30.3 Å². The first-order valence-corrected chi connectivity index (χ1v) is 5.30. The molecular weight excluding hydrogens is 204 g/mol. The molecule has 3 heteroatoms. The van der Waals surface area contributed by atoms with E-state index < -0.39 is 11.4 Å². The molecule has 1 rings (SSSR count). The number of hydrogen-bond acceptors (Lipinski definition) is 3. The molecule has 0 aromatic heterocycles. The molecule has 0 heterocycles. The molecule has 0 amide bonds. The number of carbonyl (C=O) groups is 2. The minimum atomic E-state index is -1.09. The number of rotatable bonds is 5. The first kappa shape index (κ1) is 12.4. The first-order chi connectivity index (χ1) is 7.62. The Hall–Kier alpha value is -1.64. The highest BCUT2D eigenvalue weighted by Crippen LogP contribution is 2.21. The van der Waals surface area contributed by atoms with Crippen molar-refractivity contribution in [3.05, 3.63) is 35.9 Å². The molecule has 3 nitrogen and oxygen atoms in total. The summed E-state index contributed by atoms with van der Waals surface area (Å²) in [5.41, 5.74) is -0.137. The highest BCUT2D eigenvalue weighted by atomic mass is 16.5. The summed E-state index contributed by atoms with van der Waals surface area (Å²) >= 11 is 0. The van der Waals surface area contributed by atoms with Crippen LogP contribution in [0.25, 0.3) is 0 Å². The number of benzene rings is 1. The van der Waals surface area contributed by atoms with Crippen LogP contribution in [0, 0.1) is 5.41 Å². The number of ether oxygens (including phenoxy) is 1. The molecule has 0 unspecified atom stereocenters. The van der Waals surface area contributed by atoms with Crippen LogP contribution in [0.2, 0.25) is 0 Å². The van der Waals surface area contributed by atoms with E-state index in [9.17, 15) is 9.59 Å². The van der Waals surface area contributed by atoms with Gasteiger partial charge in [-0.3, -0.25) is 4.79 Å². The third kappa shape index (κ3) is 2.92. The van der Waals surface area contributed by atoms with Crippen molar-refractivity contribution >= 4 is 12.3 Å². The first-order valence-electron chi connectivity index (χ1n) is 5.30. The second kappa shape index (κ2) is 5.45. The van der Waals surface area contributed by atoms with Crippen LogP contribution in [0.4, 0.5) is 0 Å². The van der Waals surface area contributed by atoms with E-state index in [0.717, 1.165) is 5.56 Å². The average molecular weight is 220 g/mol. The maximum absolute atomic E-state index is 11.6. The van der Waals surface area contributed by atoms with E-state index in [1.807, 2.05) is 30.3 Å². The fourth-order valence-corrected chi connectivity index (χ4v) is 1.48. The summed E-state index contributed by atoms with van der Waals surface area (Å²) in [6, 6.07) is 9.44. The van der Waals surface area contributed by atoms with E-state index in [2.05, 4.69) is 0 Å². The van der Waals surface area contributed by atoms with Gasteiger partial charge in [0.05, 0.1) is 6.61 Å². The molecule has 0 bridgehead atoms. The van der Waals surface area contributed by atoms with Gasteiger partial charge in [-0.05, 0) is 25.8 Å². The summed E-state index contributed by atoms with van der Waals surface area (Å²) in [5, 5.41) is 0. The van der Waals surface area contributed by atoms with E-state index in [0.29, 0.717) is 12.7 Å². The zero-order chi connectivity index (χ0) is 12.0.